The van der Waals surface area contributed by atoms with E-state index in [0.717, 1.165) is 42.0 Å². The molecule has 1 N–H and O–H groups in total. The minimum absolute atomic E-state index is 0.0222. The standard InChI is InChI=1S/C32H38FN3O4S/c1-23-18-19-24(2)30(20-23)36(41(39,40)28-15-8-5-9-16-28)22-31(37)35(21-26-12-10-11-17-29(26)33)25(3)32(38)34-27-13-6-4-7-14-27/h5,8-12,15-20,25,27H,4,6-7,13-14,21-22H2,1-3H3,(H,34,38)/t25-/m0/s1. The van der Waals surface area contributed by atoms with Gasteiger partial charge in [0.05, 0.1) is 10.6 Å². The highest BCUT2D eigenvalue weighted by atomic mass is 32.2. The van der Waals surface area contributed by atoms with Crippen LogP contribution in [0.4, 0.5) is 10.1 Å². The van der Waals surface area contributed by atoms with Gasteiger partial charge >= 0.3 is 0 Å². The van der Waals surface area contributed by atoms with E-state index in [1.807, 2.05) is 13.0 Å². The Hall–Kier alpha value is -3.72. The number of halogens is 1. The van der Waals surface area contributed by atoms with Gasteiger partial charge in [-0.1, -0.05) is 67.8 Å². The average Bonchev–Trinajstić information content (AvgIpc) is 2.97. The Morgan fingerprint density at radius 3 is 2.29 bits per heavy atom. The fraction of sp³-hybridized carbons (Fsp3) is 0.375. The maximum atomic E-state index is 14.7. The first kappa shape index (κ1) is 30.2. The number of nitrogens with zero attached hydrogens (tertiary/aromatic N) is 2. The van der Waals surface area contributed by atoms with Gasteiger partial charge < -0.3 is 10.2 Å². The van der Waals surface area contributed by atoms with Crippen LogP contribution in [-0.4, -0.2) is 43.8 Å². The highest BCUT2D eigenvalue weighted by molar-refractivity contribution is 7.92. The summed E-state index contributed by atoms with van der Waals surface area (Å²) in [4.78, 5) is 28.8. The number of rotatable bonds is 10. The molecule has 0 spiro atoms. The van der Waals surface area contributed by atoms with Crippen molar-refractivity contribution in [3.8, 4) is 0 Å². The lowest BCUT2D eigenvalue weighted by atomic mass is 9.95. The molecule has 0 unspecified atom stereocenters. The second-order valence-electron chi connectivity index (χ2n) is 10.7. The fourth-order valence-corrected chi connectivity index (χ4v) is 6.67. The molecule has 3 aromatic rings. The van der Waals surface area contributed by atoms with Gasteiger partial charge in [-0.3, -0.25) is 13.9 Å². The summed E-state index contributed by atoms with van der Waals surface area (Å²) < 4.78 is 43.7. The van der Waals surface area contributed by atoms with Gasteiger partial charge in [0.2, 0.25) is 11.8 Å². The summed E-state index contributed by atoms with van der Waals surface area (Å²) in [6.07, 6.45) is 4.92. The van der Waals surface area contributed by atoms with E-state index < -0.39 is 34.3 Å². The zero-order valence-electron chi connectivity index (χ0n) is 23.8. The van der Waals surface area contributed by atoms with E-state index >= 15 is 0 Å². The van der Waals surface area contributed by atoms with Crippen LogP contribution < -0.4 is 9.62 Å². The summed E-state index contributed by atoms with van der Waals surface area (Å²) >= 11 is 0. The Balaban J connectivity index is 1.71. The van der Waals surface area contributed by atoms with Crippen molar-refractivity contribution in [2.24, 2.45) is 0 Å². The van der Waals surface area contributed by atoms with Crippen molar-refractivity contribution in [3.05, 3.63) is 95.3 Å². The molecular formula is C32H38FN3O4S. The van der Waals surface area contributed by atoms with Crippen LogP contribution in [0.1, 0.15) is 55.7 Å². The molecule has 3 aromatic carbocycles. The SMILES string of the molecule is Cc1ccc(C)c(N(CC(=O)N(Cc2ccccc2F)[C@@H](C)C(=O)NC2CCCCC2)S(=O)(=O)c2ccccc2)c1. The molecule has 9 heteroatoms. The van der Waals surface area contributed by atoms with Crippen LogP contribution in [0.15, 0.2) is 77.7 Å². The molecule has 218 valence electrons. The molecule has 1 aliphatic carbocycles. The van der Waals surface area contributed by atoms with E-state index in [1.165, 1.54) is 23.1 Å². The predicted octanol–water partition coefficient (Wildman–Crippen LogP) is 5.50. The molecule has 2 amide bonds. The largest absolute Gasteiger partial charge is 0.352 e. The minimum atomic E-state index is -4.16. The van der Waals surface area contributed by atoms with Crippen LogP contribution in [0.5, 0.6) is 0 Å². The lowest BCUT2D eigenvalue weighted by molar-refractivity contribution is -0.139. The van der Waals surface area contributed by atoms with Crippen LogP contribution in [-0.2, 0) is 26.2 Å². The first-order chi connectivity index (χ1) is 19.6. The third-order valence-corrected chi connectivity index (χ3v) is 9.43. The Morgan fingerprint density at radius 1 is 0.951 bits per heavy atom. The van der Waals surface area contributed by atoms with Crippen molar-refractivity contribution in [3.63, 3.8) is 0 Å². The molecule has 7 nitrogen and oxygen atoms in total. The predicted molar refractivity (Wildman–Crippen MR) is 158 cm³/mol. The van der Waals surface area contributed by atoms with Crippen LogP contribution in [0, 0.1) is 19.7 Å². The molecular weight excluding hydrogens is 541 g/mol. The molecule has 0 aromatic heterocycles. The van der Waals surface area contributed by atoms with Gasteiger partial charge in [0.1, 0.15) is 18.4 Å². The number of sulfonamides is 1. The van der Waals surface area contributed by atoms with Crippen molar-refractivity contribution in [1.29, 1.82) is 0 Å². The van der Waals surface area contributed by atoms with Gasteiger partial charge in [0.15, 0.2) is 0 Å². The molecule has 1 saturated carbocycles. The number of hydrogen-bond acceptors (Lipinski definition) is 4. The van der Waals surface area contributed by atoms with E-state index in [2.05, 4.69) is 5.32 Å². The fourth-order valence-electron chi connectivity index (χ4n) is 5.18. The maximum absolute atomic E-state index is 14.7. The zero-order valence-corrected chi connectivity index (χ0v) is 24.7. The normalized spacial score (nSPS) is 14.7. The number of hydrogen-bond donors (Lipinski definition) is 1. The second-order valence-corrected chi connectivity index (χ2v) is 12.6. The number of nitrogens with one attached hydrogen (secondary N) is 1. The van der Waals surface area contributed by atoms with Crippen LogP contribution in [0.2, 0.25) is 0 Å². The van der Waals surface area contributed by atoms with Gasteiger partial charge in [-0.25, -0.2) is 12.8 Å². The average molecular weight is 580 g/mol. The Labute approximate surface area is 242 Å². The second kappa shape index (κ2) is 13.3. The highest BCUT2D eigenvalue weighted by Crippen LogP contribution is 2.28. The van der Waals surface area contributed by atoms with Gasteiger partial charge in [0, 0.05) is 18.2 Å². The number of carbonyl (C=O) groups is 2. The third kappa shape index (κ3) is 7.33. The van der Waals surface area contributed by atoms with Gasteiger partial charge in [-0.2, -0.15) is 0 Å². The topological polar surface area (TPSA) is 86.8 Å². The van der Waals surface area contributed by atoms with E-state index in [4.69, 9.17) is 0 Å². The molecule has 4 rings (SSSR count). The lowest BCUT2D eigenvalue weighted by Crippen LogP contribution is -2.53. The molecule has 0 radical (unpaired) electrons. The van der Waals surface area contributed by atoms with Crippen molar-refractivity contribution >= 4 is 27.5 Å². The first-order valence-electron chi connectivity index (χ1n) is 14.1. The van der Waals surface area contributed by atoms with Crippen LogP contribution >= 0.6 is 0 Å². The van der Waals surface area contributed by atoms with Crippen LogP contribution in [0.3, 0.4) is 0 Å². The minimum Gasteiger partial charge on any atom is -0.352 e. The summed E-state index contributed by atoms with van der Waals surface area (Å²) in [5.74, 6) is -1.46. The van der Waals surface area contributed by atoms with Gasteiger partial charge in [-0.05, 0) is 69.0 Å². The van der Waals surface area contributed by atoms with E-state index in [-0.39, 0.29) is 29.0 Å². The Morgan fingerprint density at radius 2 is 1.61 bits per heavy atom. The molecule has 1 aliphatic rings. The quantitative estimate of drug-likeness (QED) is 0.344. The van der Waals surface area contributed by atoms with Crippen molar-refractivity contribution in [1.82, 2.24) is 10.2 Å². The van der Waals surface area contributed by atoms with Crippen molar-refractivity contribution < 1.29 is 22.4 Å². The van der Waals surface area contributed by atoms with Gasteiger partial charge in [0.25, 0.3) is 10.0 Å². The molecule has 0 heterocycles. The van der Waals surface area contributed by atoms with E-state index in [9.17, 15) is 22.4 Å². The molecule has 0 bridgehead atoms. The summed E-state index contributed by atoms with van der Waals surface area (Å²) in [6.45, 7) is 4.49. The van der Waals surface area contributed by atoms with E-state index in [0.29, 0.717) is 11.3 Å². The van der Waals surface area contributed by atoms with Crippen molar-refractivity contribution in [2.75, 3.05) is 10.8 Å². The zero-order chi connectivity index (χ0) is 29.6. The molecule has 0 aliphatic heterocycles. The number of amides is 2. The summed E-state index contributed by atoms with van der Waals surface area (Å²) in [5, 5.41) is 3.05. The van der Waals surface area contributed by atoms with Crippen LogP contribution in [0.25, 0.3) is 0 Å². The Bertz CT molecular complexity index is 1470. The smallest absolute Gasteiger partial charge is 0.264 e. The molecule has 1 atom stereocenters. The third-order valence-electron chi connectivity index (χ3n) is 7.66. The number of aryl methyl sites for hydroxylation is 2. The summed E-state index contributed by atoms with van der Waals surface area (Å²) in [7, 11) is -4.16. The number of anilines is 1. The Kier molecular flexibility index (Phi) is 9.81. The number of carbonyl (C=O) groups excluding carboxylic acids is 2. The molecule has 0 saturated heterocycles. The lowest BCUT2D eigenvalue weighted by Gasteiger charge is -2.33. The van der Waals surface area contributed by atoms with E-state index in [1.54, 1.807) is 62.4 Å². The summed E-state index contributed by atoms with van der Waals surface area (Å²) in [5.41, 5.74) is 2.11. The monoisotopic (exact) mass is 579 g/mol. The first-order valence-corrected chi connectivity index (χ1v) is 15.5. The molecule has 41 heavy (non-hydrogen) atoms. The highest BCUT2D eigenvalue weighted by Gasteiger charge is 2.34. The summed E-state index contributed by atoms with van der Waals surface area (Å²) in [6, 6.07) is 18.5. The maximum Gasteiger partial charge on any atom is 0.264 e. The van der Waals surface area contributed by atoms with Gasteiger partial charge in [-0.15, -0.1) is 0 Å². The van der Waals surface area contributed by atoms with Crippen molar-refractivity contribution in [2.45, 2.75) is 76.4 Å². The number of benzene rings is 3. The molecule has 1 fully saturated rings.